The fraction of sp³-hybridized carbons (Fsp3) is 0. The molecule has 57 heavy (non-hydrogen) atoms. The normalized spacial score (nSPS) is 11.5. The molecule has 2 aromatic heterocycles. The maximum absolute atomic E-state index is 6.52. The largest absolute Gasteiger partial charge is 0.455 e. The van der Waals surface area contributed by atoms with Gasteiger partial charge >= 0.3 is 0 Å². The van der Waals surface area contributed by atoms with Gasteiger partial charge in [0.15, 0.2) is 0 Å². The Morgan fingerprint density at radius 2 is 0.965 bits per heavy atom. The second kappa shape index (κ2) is 13.6. The first kappa shape index (κ1) is 32.8. The molecule has 0 amide bonds. The summed E-state index contributed by atoms with van der Waals surface area (Å²) in [6.07, 6.45) is 0. The maximum Gasteiger partial charge on any atom is 0.143 e. The Morgan fingerprint density at radius 3 is 1.84 bits per heavy atom. The summed E-state index contributed by atoms with van der Waals surface area (Å²) in [6, 6.07) is 75.8. The molecule has 0 unspecified atom stereocenters. The van der Waals surface area contributed by atoms with Crippen molar-refractivity contribution in [1.82, 2.24) is 4.57 Å². The zero-order chi connectivity index (χ0) is 37.7. The number of furan rings is 1. The Morgan fingerprint density at radius 1 is 0.351 bits per heavy atom. The van der Waals surface area contributed by atoms with Crippen LogP contribution in [0, 0.1) is 0 Å². The van der Waals surface area contributed by atoms with Gasteiger partial charge in [0.25, 0.3) is 0 Å². The van der Waals surface area contributed by atoms with E-state index in [0.29, 0.717) is 0 Å². The second-order valence-electron chi connectivity index (χ2n) is 14.6. The van der Waals surface area contributed by atoms with Gasteiger partial charge < -0.3 is 14.3 Å². The van der Waals surface area contributed by atoms with Crippen LogP contribution in [0.5, 0.6) is 0 Å². The Labute approximate surface area is 330 Å². The van der Waals surface area contributed by atoms with Gasteiger partial charge in [-0.05, 0) is 100 Å². The number of benzene rings is 9. The topological polar surface area (TPSA) is 30.1 Å². The molecule has 11 aromatic rings. The second-order valence-corrected chi connectivity index (χ2v) is 14.6. The highest BCUT2D eigenvalue weighted by atomic mass is 16.3. The Kier molecular flexibility index (Phi) is 7.82. The van der Waals surface area contributed by atoms with Crippen molar-refractivity contribution in [3.63, 3.8) is 0 Å². The number of fused-ring (bicyclic) bond motifs is 6. The monoisotopic (exact) mass is 728 g/mol. The van der Waals surface area contributed by atoms with Gasteiger partial charge in [0, 0.05) is 49.7 Å². The van der Waals surface area contributed by atoms with E-state index >= 15 is 0 Å². The molecule has 268 valence electrons. The van der Waals surface area contributed by atoms with E-state index in [2.05, 4.69) is 210 Å². The van der Waals surface area contributed by atoms with Crippen LogP contribution in [0.1, 0.15) is 0 Å². The standard InChI is InChI=1S/C54H36N2O/c1-3-14-36(15-4-1)38-17-12-19-42(33-38)55-50-30-28-41(44-24-13-25-47-46-23-8-10-27-53(46)57-54(44)47)35-48(50)40-18-11-16-37(32-40)39-29-31-52-49(34-39)45-22-7-9-26-51(45)56(52)43-20-5-2-6-21-43/h1-35,55H. The summed E-state index contributed by atoms with van der Waals surface area (Å²) in [5.74, 6) is 0. The van der Waals surface area contributed by atoms with Gasteiger partial charge in [-0.15, -0.1) is 0 Å². The first-order chi connectivity index (χ1) is 28.2. The van der Waals surface area contributed by atoms with Crippen LogP contribution < -0.4 is 5.32 Å². The Hall–Kier alpha value is -7.62. The van der Waals surface area contributed by atoms with Crippen molar-refractivity contribution in [2.24, 2.45) is 0 Å². The third kappa shape index (κ3) is 5.76. The molecule has 0 saturated carbocycles. The van der Waals surface area contributed by atoms with E-state index in [0.717, 1.165) is 66.8 Å². The summed E-state index contributed by atoms with van der Waals surface area (Å²) in [5, 5.41) is 8.54. The first-order valence-electron chi connectivity index (χ1n) is 19.4. The zero-order valence-electron chi connectivity index (χ0n) is 31.1. The van der Waals surface area contributed by atoms with Gasteiger partial charge in [-0.1, -0.05) is 146 Å². The predicted molar refractivity (Wildman–Crippen MR) is 240 cm³/mol. The maximum atomic E-state index is 6.52. The molecule has 0 spiro atoms. The highest BCUT2D eigenvalue weighted by Gasteiger charge is 2.17. The SMILES string of the molecule is c1ccc(-c2cccc(Nc3ccc(-c4cccc5c4oc4ccccc45)cc3-c3cccc(-c4ccc5c(c4)c4ccccc4n5-c4ccccc4)c3)c2)cc1. The summed E-state index contributed by atoms with van der Waals surface area (Å²) in [5.41, 5.74) is 16.5. The number of aromatic nitrogens is 1. The van der Waals surface area contributed by atoms with Crippen LogP contribution in [0.2, 0.25) is 0 Å². The number of nitrogens with one attached hydrogen (secondary N) is 1. The molecule has 0 saturated heterocycles. The molecule has 0 fully saturated rings. The van der Waals surface area contributed by atoms with E-state index in [1.54, 1.807) is 0 Å². The summed E-state index contributed by atoms with van der Waals surface area (Å²) in [4.78, 5) is 0. The minimum atomic E-state index is 0.897. The van der Waals surface area contributed by atoms with Crippen molar-refractivity contribution >= 4 is 55.1 Å². The van der Waals surface area contributed by atoms with Crippen molar-refractivity contribution < 1.29 is 4.42 Å². The number of nitrogens with zero attached hydrogens (tertiary/aromatic N) is 1. The molecule has 0 bridgehead atoms. The summed E-state index contributed by atoms with van der Waals surface area (Å²) < 4.78 is 8.88. The molecule has 0 aliphatic heterocycles. The van der Waals surface area contributed by atoms with Gasteiger partial charge in [-0.3, -0.25) is 0 Å². The van der Waals surface area contributed by atoms with Crippen molar-refractivity contribution in [2.45, 2.75) is 0 Å². The Balaban J connectivity index is 1.05. The number of hydrogen-bond acceptors (Lipinski definition) is 2. The lowest BCUT2D eigenvalue weighted by atomic mass is 9.93. The molecule has 0 atom stereocenters. The molecule has 0 aliphatic carbocycles. The molecular formula is C54H36N2O. The number of rotatable bonds is 7. The van der Waals surface area contributed by atoms with Gasteiger partial charge in [0.05, 0.1) is 11.0 Å². The zero-order valence-corrected chi connectivity index (χ0v) is 31.1. The summed E-state index contributed by atoms with van der Waals surface area (Å²) >= 11 is 0. The number of hydrogen-bond donors (Lipinski definition) is 1. The van der Waals surface area contributed by atoms with Crippen LogP contribution in [0.3, 0.4) is 0 Å². The van der Waals surface area contributed by atoms with E-state index in [9.17, 15) is 0 Å². The molecule has 0 radical (unpaired) electrons. The van der Waals surface area contributed by atoms with Crippen LogP contribution in [0.4, 0.5) is 11.4 Å². The van der Waals surface area contributed by atoms with Gasteiger partial charge in [0.1, 0.15) is 11.2 Å². The number of para-hydroxylation sites is 4. The van der Waals surface area contributed by atoms with Crippen molar-refractivity contribution in [1.29, 1.82) is 0 Å². The highest BCUT2D eigenvalue weighted by molar-refractivity contribution is 6.11. The third-order valence-electron chi connectivity index (χ3n) is 11.2. The van der Waals surface area contributed by atoms with Gasteiger partial charge in [-0.2, -0.15) is 0 Å². The van der Waals surface area contributed by atoms with Crippen molar-refractivity contribution in [3.05, 3.63) is 212 Å². The van der Waals surface area contributed by atoms with E-state index in [1.807, 2.05) is 12.1 Å². The molecule has 9 aromatic carbocycles. The van der Waals surface area contributed by atoms with Crippen molar-refractivity contribution in [3.8, 4) is 50.2 Å². The lowest BCUT2D eigenvalue weighted by molar-refractivity contribution is 0.670. The van der Waals surface area contributed by atoms with Gasteiger partial charge in [0.2, 0.25) is 0 Å². The van der Waals surface area contributed by atoms with Crippen LogP contribution in [-0.2, 0) is 0 Å². The molecule has 3 nitrogen and oxygen atoms in total. The lowest BCUT2D eigenvalue weighted by Crippen LogP contribution is -1.95. The van der Waals surface area contributed by atoms with E-state index in [-0.39, 0.29) is 0 Å². The minimum Gasteiger partial charge on any atom is -0.455 e. The van der Waals surface area contributed by atoms with E-state index < -0.39 is 0 Å². The highest BCUT2D eigenvalue weighted by Crippen LogP contribution is 2.41. The van der Waals surface area contributed by atoms with Crippen LogP contribution >= 0.6 is 0 Å². The predicted octanol–water partition coefficient (Wildman–Crippen LogP) is 15.1. The van der Waals surface area contributed by atoms with Gasteiger partial charge in [-0.25, -0.2) is 0 Å². The molecule has 2 heterocycles. The average Bonchev–Trinajstić information content (AvgIpc) is 3.83. The lowest BCUT2D eigenvalue weighted by Gasteiger charge is -2.16. The fourth-order valence-electron chi connectivity index (χ4n) is 8.47. The van der Waals surface area contributed by atoms with E-state index in [4.69, 9.17) is 4.42 Å². The van der Waals surface area contributed by atoms with E-state index in [1.165, 1.54) is 38.5 Å². The summed E-state index contributed by atoms with van der Waals surface area (Å²) in [6.45, 7) is 0. The quantitative estimate of drug-likeness (QED) is 0.177. The molecule has 3 heteroatoms. The number of anilines is 2. The Bertz CT molecular complexity index is 3260. The molecule has 1 N–H and O–H groups in total. The van der Waals surface area contributed by atoms with Crippen molar-refractivity contribution in [2.75, 3.05) is 5.32 Å². The third-order valence-corrected chi connectivity index (χ3v) is 11.2. The minimum absolute atomic E-state index is 0.897. The van der Waals surface area contributed by atoms with Crippen LogP contribution in [0.15, 0.2) is 217 Å². The molecule has 11 rings (SSSR count). The van der Waals surface area contributed by atoms with Crippen LogP contribution in [-0.4, -0.2) is 4.57 Å². The first-order valence-corrected chi connectivity index (χ1v) is 19.4. The van der Waals surface area contributed by atoms with Crippen LogP contribution in [0.25, 0.3) is 93.9 Å². The summed E-state index contributed by atoms with van der Waals surface area (Å²) in [7, 11) is 0. The molecular weight excluding hydrogens is 693 g/mol. The smallest absolute Gasteiger partial charge is 0.143 e. The average molecular weight is 729 g/mol. The molecule has 0 aliphatic rings. The fourth-order valence-corrected chi connectivity index (χ4v) is 8.47.